The minimum absolute atomic E-state index is 0.210. The van der Waals surface area contributed by atoms with Gasteiger partial charge in [-0.1, -0.05) is 62.6 Å². The number of benzene rings is 1. The van der Waals surface area contributed by atoms with Gasteiger partial charge in [-0.15, -0.1) is 0 Å². The Morgan fingerprint density at radius 2 is 1.46 bits per heavy atom. The van der Waals surface area contributed by atoms with Crippen LogP contribution in [-0.2, 0) is 6.42 Å². The summed E-state index contributed by atoms with van der Waals surface area (Å²) in [6.45, 7) is 2.05. The van der Waals surface area contributed by atoms with Gasteiger partial charge in [0.05, 0.1) is 6.67 Å². The Labute approximate surface area is 173 Å². The maximum atomic E-state index is 12.2. The highest BCUT2D eigenvalue weighted by Gasteiger charge is 2.24. The largest absolute Gasteiger partial charge is 0.251 e. The lowest BCUT2D eigenvalue weighted by Gasteiger charge is -2.31. The molecule has 0 aromatic heterocycles. The summed E-state index contributed by atoms with van der Waals surface area (Å²) >= 11 is 0. The molecule has 2 fully saturated rings. The number of halogens is 1. The molecule has 0 unspecified atom stereocenters. The van der Waals surface area contributed by atoms with Crippen LogP contribution in [0, 0.1) is 17.8 Å². The lowest BCUT2D eigenvalue weighted by molar-refractivity contribution is 0.246. The van der Waals surface area contributed by atoms with Crippen molar-refractivity contribution in [2.24, 2.45) is 17.8 Å². The summed E-state index contributed by atoms with van der Waals surface area (Å²) in [6.07, 6.45) is 21.4. The molecule has 0 atom stereocenters. The molecule has 1 aromatic carbocycles. The summed E-state index contributed by atoms with van der Waals surface area (Å²) < 4.78 is 12.2. The fourth-order valence-corrected chi connectivity index (χ4v) is 5.52. The topological polar surface area (TPSA) is 0 Å². The fourth-order valence-electron chi connectivity index (χ4n) is 5.52. The first-order valence-corrected chi connectivity index (χ1v) is 12.1. The molecule has 28 heavy (non-hydrogen) atoms. The van der Waals surface area contributed by atoms with E-state index >= 15 is 0 Å². The minimum Gasteiger partial charge on any atom is -0.251 e. The molecule has 2 saturated carbocycles. The number of alkyl halides is 1. The molecule has 0 bridgehead atoms. The summed E-state index contributed by atoms with van der Waals surface area (Å²) in [5, 5.41) is 0. The number of hydrogen-bond donors (Lipinski definition) is 0. The van der Waals surface area contributed by atoms with E-state index in [9.17, 15) is 4.39 Å². The zero-order chi connectivity index (χ0) is 19.6. The second-order valence-electron chi connectivity index (χ2n) is 9.47. The lowest BCUT2D eigenvalue weighted by Crippen LogP contribution is -2.17. The Hall–Kier alpha value is -1.11. The second-order valence-corrected chi connectivity index (χ2v) is 9.47. The highest BCUT2D eigenvalue weighted by Crippen LogP contribution is 2.40. The van der Waals surface area contributed by atoms with Crippen molar-refractivity contribution >= 4 is 0 Å². The maximum Gasteiger partial charge on any atom is 0.0928 e. The highest BCUT2D eigenvalue weighted by molar-refractivity contribution is 5.25. The first-order chi connectivity index (χ1) is 13.8. The van der Waals surface area contributed by atoms with Crippen LogP contribution in [0.1, 0.15) is 101 Å². The third-order valence-electron chi connectivity index (χ3n) is 7.40. The van der Waals surface area contributed by atoms with E-state index in [0.29, 0.717) is 6.42 Å². The fraction of sp³-hybridized carbons (Fsp3) is 0.704. The van der Waals surface area contributed by atoms with Crippen LogP contribution in [0.15, 0.2) is 36.4 Å². The van der Waals surface area contributed by atoms with E-state index in [0.717, 1.165) is 23.7 Å². The van der Waals surface area contributed by atoms with E-state index in [1.165, 1.54) is 82.6 Å². The average Bonchev–Trinajstić information content (AvgIpc) is 2.75. The number of allylic oxidation sites excluding steroid dienone is 2. The van der Waals surface area contributed by atoms with Crippen molar-refractivity contribution in [1.29, 1.82) is 0 Å². The molecule has 3 rings (SSSR count). The van der Waals surface area contributed by atoms with Gasteiger partial charge in [-0.2, -0.15) is 0 Å². The summed E-state index contributed by atoms with van der Waals surface area (Å²) in [7, 11) is 0. The zero-order valence-corrected chi connectivity index (χ0v) is 18.1. The quantitative estimate of drug-likeness (QED) is 0.375. The summed E-state index contributed by atoms with van der Waals surface area (Å²) in [5.41, 5.74) is 3.07. The first kappa shape index (κ1) is 21.6. The summed E-state index contributed by atoms with van der Waals surface area (Å²) in [5.74, 6) is 3.45. The minimum atomic E-state index is -0.210. The third-order valence-corrected chi connectivity index (χ3v) is 7.40. The molecule has 0 heterocycles. The highest BCUT2D eigenvalue weighted by atomic mass is 19.1. The van der Waals surface area contributed by atoms with Crippen molar-refractivity contribution in [2.75, 3.05) is 6.67 Å². The first-order valence-electron chi connectivity index (χ1n) is 12.1. The molecule has 2 aliphatic rings. The van der Waals surface area contributed by atoms with Crippen molar-refractivity contribution in [3.8, 4) is 0 Å². The molecule has 0 aliphatic heterocycles. The summed E-state index contributed by atoms with van der Waals surface area (Å²) in [6, 6.07) is 9.51. The Morgan fingerprint density at radius 1 is 0.857 bits per heavy atom. The van der Waals surface area contributed by atoms with Crippen LogP contribution >= 0.6 is 0 Å². The van der Waals surface area contributed by atoms with Gasteiger partial charge in [0.15, 0.2) is 0 Å². The monoisotopic (exact) mass is 384 g/mol. The average molecular weight is 385 g/mol. The predicted molar refractivity (Wildman–Crippen MR) is 120 cm³/mol. The maximum absolute atomic E-state index is 12.2. The van der Waals surface area contributed by atoms with Crippen molar-refractivity contribution in [3.63, 3.8) is 0 Å². The molecular weight excluding hydrogens is 343 g/mol. The normalized spacial score (nSPS) is 28.6. The van der Waals surface area contributed by atoms with Crippen LogP contribution in [0.5, 0.6) is 0 Å². The molecule has 0 spiro atoms. The van der Waals surface area contributed by atoms with Gasteiger partial charge in [0.2, 0.25) is 0 Å². The molecule has 2 aliphatic carbocycles. The Kier molecular flexibility index (Phi) is 9.09. The van der Waals surface area contributed by atoms with E-state index in [2.05, 4.69) is 43.3 Å². The van der Waals surface area contributed by atoms with Crippen molar-refractivity contribution in [3.05, 3.63) is 47.5 Å². The summed E-state index contributed by atoms with van der Waals surface area (Å²) in [4.78, 5) is 0. The standard InChI is InChI=1S/C27H41F/c1-2-5-22-13-17-26(18-14-22)27-19-15-25(16-20-27)12-11-24-9-7-23(8-10-24)6-3-4-21-28/h3,6,13-14,17-18,23-25,27H,2,4-5,7-12,15-16,19-21H2,1H3/b6-3+/t23-,24-,25-,27-. The van der Waals surface area contributed by atoms with E-state index in [4.69, 9.17) is 0 Å². The van der Waals surface area contributed by atoms with Crippen molar-refractivity contribution < 1.29 is 4.39 Å². The van der Waals surface area contributed by atoms with E-state index in [1.54, 1.807) is 5.56 Å². The van der Waals surface area contributed by atoms with Gasteiger partial charge in [-0.25, -0.2) is 0 Å². The smallest absolute Gasteiger partial charge is 0.0928 e. The van der Waals surface area contributed by atoms with Gasteiger partial charge < -0.3 is 0 Å². The Balaban J connectivity index is 1.33. The van der Waals surface area contributed by atoms with E-state index in [1.807, 2.05) is 0 Å². The molecular formula is C27H41F. The van der Waals surface area contributed by atoms with Gasteiger partial charge in [-0.3, -0.25) is 4.39 Å². The van der Waals surface area contributed by atoms with Crippen LogP contribution in [0.4, 0.5) is 4.39 Å². The van der Waals surface area contributed by atoms with Crippen LogP contribution in [-0.4, -0.2) is 6.67 Å². The van der Waals surface area contributed by atoms with Crippen molar-refractivity contribution in [1.82, 2.24) is 0 Å². The zero-order valence-electron chi connectivity index (χ0n) is 18.1. The van der Waals surface area contributed by atoms with Crippen LogP contribution in [0.25, 0.3) is 0 Å². The van der Waals surface area contributed by atoms with Gasteiger partial charge in [0.25, 0.3) is 0 Å². The van der Waals surface area contributed by atoms with E-state index in [-0.39, 0.29) is 6.67 Å². The predicted octanol–water partition coefficient (Wildman–Crippen LogP) is 8.42. The van der Waals surface area contributed by atoms with Gasteiger partial charge in [0, 0.05) is 0 Å². The molecule has 0 amide bonds. The molecule has 0 saturated heterocycles. The van der Waals surface area contributed by atoms with Gasteiger partial charge in [-0.05, 0) is 99.0 Å². The molecule has 0 nitrogen and oxygen atoms in total. The Morgan fingerprint density at radius 3 is 2.04 bits per heavy atom. The third kappa shape index (κ3) is 6.75. The second kappa shape index (κ2) is 11.8. The van der Waals surface area contributed by atoms with Crippen molar-refractivity contribution in [2.45, 2.75) is 96.3 Å². The molecule has 156 valence electrons. The molecule has 0 N–H and O–H groups in total. The number of aryl methyl sites for hydroxylation is 1. The SMILES string of the molecule is CCCc1ccc([C@H]2CC[C@H](CC[C@H]3CC[C@H](/C=C/CCF)CC3)CC2)cc1. The molecule has 0 radical (unpaired) electrons. The lowest BCUT2D eigenvalue weighted by atomic mass is 9.74. The van der Waals surface area contributed by atoms with Gasteiger partial charge >= 0.3 is 0 Å². The Bertz CT molecular complexity index is 556. The molecule has 1 aromatic rings. The van der Waals surface area contributed by atoms with Crippen LogP contribution in [0.2, 0.25) is 0 Å². The molecule has 1 heteroatoms. The number of hydrogen-bond acceptors (Lipinski definition) is 0. The van der Waals surface area contributed by atoms with Crippen LogP contribution < -0.4 is 0 Å². The van der Waals surface area contributed by atoms with Gasteiger partial charge in [0.1, 0.15) is 0 Å². The van der Waals surface area contributed by atoms with Crippen LogP contribution in [0.3, 0.4) is 0 Å². The number of rotatable bonds is 9. The van der Waals surface area contributed by atoms with E-state index < -0.39 is 0 Å².